The molecule has 0 unspecified atom stereocenters. The second-order valence-corrected chi connectivity index (χ2v) is 5.20. The minimum atomic E-state index is -0.0807. The number of hydrogen-bond acceptors (Lipinski definition) is 3. The highest BCUT2D eigenvalue weighted by atomic mass is 16.3. The van der Waals surface area contributed by atoms with E-state index in [1.165, 1.54) is 0 Å². The third kappa shape index (κ3) is 4.53. The number of hydrogen-bond donors (Lipinski definition) is 3. The third-order valence-electron chi connectivity index (χ3n) is 3.97. The summed E-state index contributed by atoms with van der Waals surface area (Å²) >= 11 is 0. The lowest BCUT2D eigenvalue weighted by atomic mass is 9.83. The van der Waals surface area contributed by atoms with Crippen molar-refractivity contribution in [3.05, 3.63) is 24.3 Å². The van der Waals surface area contributed by atoms with E-state index >= 15 is 0 Å². The van der Waals surface area contributed by atoms with Crippen LogP contribution < -0.4 is 10.6 Å². The Morgan fingerprint density at radius 1 is 1.20 bits per heavy atom. The van der Waals surface area contributed by atoms with Crippen LogP contribution in [0.3, 0.4) is 0 Å². The number of amides is 1. The second-order valence-electron chi connectivity index (χ2n) is 5.20. The topological polar surface area (TPSA) is 61.4 Å². The molecule has 0 fully saturated rings. The minimum absolute atomic E-state index is 0.00831. The van der Waals surface area contributed by atoms with Gasteiger partial charge in [-0.2, -0.15) is 0 Å². The monoisotopic (exact) mass is 278 g/mol. The van der Waals surface area contributed by atoms with Gasteiger partial charge >= 0.3 is 0 Å². The Kier molecular flexibility index (Phi) is 6.52. The van der Waals surface area contributed by atoms with Gasteiger partial charge in [0.05, 0.1) is 6.61 Å². The summed E-state index contributed by atoms with van der Waals surface area (Å²) in [6, 6.07) is 7.67. The minimum Gasteiger partial charge on any atom is -0.396 e. The van der Waals surface area contributed by atoms with Gasteiger partial charge in [-0.15, -0.1) is 0 Å². The number of carbonyl (C=O) groups is 1. The Hall–Kier alpha value is -1.55. The van der Waals surface area contributed by atoms with E-state index in [-0.39, 0.29) is 17.9 Å². The van der Waals surface area contributed by atoms with Crippen molar-refractivity contribution in [1.29, 1.82) is 0 Å². The molecular weight excluding hydrogens is 252 g/mol. The first kappa shape index (κ1) is 16.5. The van der Waals surface area contributed by atoms with Crippen LogP contribution in [-0.4, -0.2) is 24.2 Å². The molecule has 20 heavy (non-hydrogen) atoms. The molecule has 0 heterocycles. The van der Waals surface area contributed by atoms with E-state index < -0.39 is 0 Å². The Morgan fingerprint density at radius 3 is 2.40 bits per heavy atom. The van der Waals surface area contributed by atoms with E-state index in [1.807, 2.05) is 31.2 Å². The Balaban J connectivity index is 2.68. The van der Waals surface area contributed by atoms with Crippen molar-refractivity contribution in [1.82, 2.24) is 0 Å². The fourth-order valence-electron chi connectivity index (χ4n) is 2.03. The van der Waals surface area contributed by atoms with E-state index in [2.05, 4.69) is 24.5 Å². The summed E-state index contributed by atoms with van der Waals surface area (Å²) in [7, 11) is 0. The molecule has 1 aromatic rings. The van der Waals surface area contributed by atoms with Gasteiger partial charge in [0.15, 0.2) is 0 Å². The van der Waals surface area contributed by atoms with Crippen LogP contribution in [0.4, 0.5) is 11.4 Å². The van der Waals surface area contributed by atoms with Gasteiger partial charge in [0, 0.05) is 29.8 Å². The second kappa shape index (κ2) is 7.90. The zero-order valence-corrected chi connectivity index (χ0v) is 12.7. The summed E-state index contributed by atoms with van der Waals surface area (Å²) in [5.41, 5.74) is 1.67. The number of benzene rings is 1. The van der Waals surface area contributed by atoms with Crippen molar-refractivity contribution in [2.45, 2.75) is 40.0 Å². The number of rotatable bonds is 8. The molecule has 0 spiro atoms. The predicted molar refractivity (Wildman–Crippen MR) is 84.0 cm³/mol. The average molecular weight is 278 g/mol. The normalized spacial score (nSPS) is 11.2. The van der Waals surface area contributed by atoms with Crippen LogP contribution in [0.5, 0.6) is 0 Å². The third-order valence-corrected chi connectivity index (χ3v) is 3.97. The van der Waals surface area contributed by atoms with Crippen LogP contribution in [0.2, 0.25) is 0 Å². The molecule has 3 N–H and O–H groups in total. The lowest BCUT2D eigenvalue weighted by Crippen LogP contribution is -2.32. The van der Waals surface area contributed by atoms with E-state index in [9.17, 15) is 9.90 Å². The highest BCUT2D eigenvalue weighted by Gasteiger charge is 2.24. The molecule has 0 saturated carbocycles. The molecular formula is C16H26N2O2. The zero-order chi connectivity index (χ0) is 15.0. The molecule has 1 aromatic carbocycles. The molecule has 0 aromatic heterocycles. The SMILES string of the molecule is CCC(=O)Nc1cccc(NCC(CC)(CC)CO)c1. The number of nitrogens with one attached hydrogen (secondary N) is 2. The molecule has 0 bridgehead atoms. The van der Waals surface area contributed by atoms with Gasteiger partial charge in [0.1, 0.15) is 0 Å². The number of carbonyl (C=O) groups excluding carboxylic acids is 1. The van der Waals surface area contributed by atoms with Crippen LogP contribution in [0.1, 0.15) is 40.0 Å². The van der Waals surface area contributed by atoms with E-state index in [4.69, 9.17) is 0 Å². The van der Waals surface area contributed by atoms with Crippen molar-refractivity contribution in [2.24, 2.45) is 5.41 Å². The lowest BCUT2D eigenvalue weighted by molar-refractivity contribution is -0.115. The van der Waals surface area contributed by atoms with Crippen molar-refractivity contribution in [3.63, 3.8) is 0 Å². The molecule has 0 aliphatic carbocycles. The molecule has 0 radical (unpaired) electrons. The molecule has 1 amide bonds. The quantitative estimate of drug-likeness (QED) is 0.684. The Labute approximate surface area is 121 Å². The predicted octanol–water partition coefficient (Wildman–Crippen LogP) is 3.25. The van der Waals surface area contributed by atoms with E-state index in [1.54, 1.807) is 0 Å². The largest absolute Gasteiger partial charge is 0.396 e. The molecule has 112 valence electrons. The highest BCUT2D eigenvalue weighted by Crippen LogP contribution is 2.26. The number of aliphatic hydroxyl groups is 1. The lowest BCUT2D eigenvalue weighted by Gasteiger charge is -2.30. The fourth-order valence-corrected chi connectivity index (χ4v) is 2.03. The average Bonchev–Trinajstić information content (AvgIpc) is 2.49. The Morgan fingerprint density at radius 2 is 1.85 bits per heavy atom. The summed E-state index contributed by atoms with van der Waals surface area (Å²) in [4.78, 5) is 11.4. The van der Waals surface area contributed by atoms with Gasteiger partial charge in [-0.1, -0.05) is 26.8 Å². The first-order valence-corrected chi connectivity index (χ1v) is 7.33. The van der Waals surface area contributed by atoms with Gasteiger partial charge < -0.3 is 15.7 Å². The summed E-state index contributed by atoms with van der Waals surface area (Å²) in [5.74, 6) is 0.00831. The zero-order valence-electron chi connectivity index (χ0n) is 12.7. The maximum atomic E-state index is 11.4. The molecule has 0 aliphatic heterocycles. The molecule has 0 atom stereocenters. The maximum absolute atomic E-state index is 11.4. The number of aliphatic hydroxyl groups excluding tert-OH is 1. The van der Waals surface area contributed by atoms with Gasteiger partial charge in [-0.05, 0) is 31.0 Å². The van der Waals surface area contributed by atoms with Gasteiger partial charge in [-0.25, -0.2) is 0 Å². The Bertz CT molecular complexity index is 420. The fraction of sp³-hybridized carbons (Fsp3) is 0.562. The number of anilines is 2. The molecule has 4 nitrogen and oxygen atoms in total. The van der Waals surface area contributed by atoms with Crippen molar-refractivity contribution in [2.75, 3.05) is 23.8 Å². The van der Waals surface area contributed by atoms with Crippen LogP contribution in [-0.2, 0) is 4.79 Å². The van der Waals surface area contributed by atoms with Gasteiger partial charge in [0.2, 0.25) is 5.91 Å². The summed E-state index contributed by atoms with van der Waals surface area (Å²) in [6.07, 6.45) is 2.33. The van der Waals surface area contributed by atoms with Crippen LogP contribution in [0.15, 0.2) is 24.3 Å². The van der Waals surface area contributed by atoms with Crippen molar-refractivity contribution < 1.29 is 9.90 Å². The van der Waals surface area contributed by atoms with Crippen LogP contribution >= 0.6 is 0 Å². The summed E-state index contributed by atoms with van der Waals surface area (Å²) in [6.45, 7) is 6.93. The molecule has 1 rings (SSSR count). The summed E-state index contributed by atoms with van der Waals surface area (Å²) < 4.78 is 0. The molecule has 0 aliphatic rings. The maximum Gasteiger partial charge on any atom is 0.224 e. The highest BCUT2D eigenvalue weighted by molar-refractivity contribution is 5.90. The first-order chi connectivity index (χ1) is 9.59. The van der Waals surface area contributed by atoms with E-state index in [0.29, 0.717) is 6.42 Å². The molecule has 4 heteroatoms. The smallest absolute Gasteiger partial charge is 0.224 e. The van der Waals surface area contributed by atoms with Gasteiger partial charge in [-0.3, -0.25) is 4.79 Å². The summed E-state index contributed by atoms with van der Waals surface area (Å²) in [5, 5.41) is 15.8. The van der Waals surface area contributed by atoms with Crippen LogP contribution in [0, 0.1) is 5.41 Å². The first-order valence-electron chi connectivity index (χ1n) is 7.33. The van der Waals surface area contributed by atoms with Gasteiger partial charge in [0.25, 0.3) is 0 Å². The molecule has 0 saturated heterocycles. The standard InChI is InChI=1S/C16H26N2O2/c1-4-15(20)18-14-9-7-8-13(10-14)17-11-16(5-2,6-3)12-19/h7-10,17,19H,4-6,11-12H2,1-3H3,(H,18,20). The van der Waals surface area contributed by atoms with Crippen molar-refractivity contribution >= 4 is 17.3 Å². The van der Waals surface area contributed by atoms with Crippen LogP contribution in [0.25, 0.3) is 0 Å². The van der Waals surface area contributed by atoms with E-state index in [0.717, 1.165) is 30.8 Å². The van der Waals surface area contributed by atoms with Crippen molar-refractivity contribution in [3.8, 4) is 0 Å².